The van der Waals surface area contributed by atoms with E-state index in [1.807, 2.05) is 12.1 Å². The molecule has 184 valence electrons. The van der Waals surface area contributed by atoms with Crippen molar-refractivity contribution in [2.75, 3.05) is 0 Å². The minimum Gasteiger partial charge on any atom is -0.207 e. The second-order valence-corrected chi connectivity index (χ2v) is 10.6. The molecule has 2 aliphatic rings. The Labute approximate surface area is 203 Å². The van der Waals surface area contributed by atoms with Gasteiger partial charge in [-0.25, -0.2) is 13.2 Å². The molecule has 2 aliphatic carbocycles. The lowest BCUT2D eigenvalue weighted by Gasteiger charge is -2.28. The average Bonchev–Trinajstić information content (AvgIpc) is 2.86. The summed E-state index contributed by atoms with van der Waals surface area (Å²) in [6.45, 7) is 4.31. The first-order chi connectivity index (χ1) is 16.5. The highest BCUT2D eigenvalue weighted by molar-refractivity contribution is 5.52. The summed E-state index contributed by atoms with van der Waals surface area (Å²) >= 11 is 0. The van der Waals surface area contributed by atoms with E-state index in [0.29, 0.717) is 17.0 Å². The van der Waals surface area contributed by atoms with Gasteiger partial charge >= 0.3 is 0 Å². The summed E-state index contributed by atoms with van der Waals surface area (Å²) in [4.78, 5) is 0. The minimum absolute atomic E-state index is 0.0780. The van der Waals surface area contributed by atoms with Gasteiger partial charge in [0.25, 0.3) is 0 Å². The van der Waals surface area contributed by atoms with Crippen LogP contribution in [0.1, 0.15) is 112 Å². The molecule has 0 aromatic heterocycles. The Balaban J connectivity index is 1.35. The van der Waals surface area contributed by atoms with Gasteiger partial charge in [-0.1, -0.05) is 63.1 Å². The van der Waals surface area contributed by atoms with E-state index >= 15 is 0 Å². The molecule has 3 heteroatoms. The van der Waals surface area contributed by atoms with Crippen LogP contribution in [0.25, 0.3) is 6.08 Å². The summed E-state index contributed by atoms with van der Waals surface area (Å²) in [6.07, 6.45) is 14.8. The Bertz CT molecular complexity index is 976. The highest BCUT2D eigenvalue weighted by Gasteiger charge is 2.26. The molecule has 0 bridgehead atoms. The van der Waals surface area contributed by atoms with E-state index in [-0.39, 0.29) is 17.7 Å². The number of rotatable bonds is 7. The normalized spacial score (nSPS) is 25.7. The van der Waals surface area contributed by atoms with Gasteiger partial charge < -0.3 is 0 Å². The van der Waals surface area contributed by atoms with E-state index in [9.17, 15) is 13.2 Å². The van der Waals surface area contributed by atoms with Crippen LogP contribution in [0.2, 0.25) is 0 Å². The summed E-state index contributed by atoms with van der Waals surface area (Å²) in [7, 11) is 0. The van der Waals surface area contributed by atoms with E-state index in [4.69, 9.17) is 0 Å². The largest absolute Gasteiger partial charge is 0.207 e. The van der Waals surface area contributed by atoms with E-state index in [0.717, 1.165) is 81.3 Å². The Morgan fingerprint density at radius 2 is 1.41 bits per heavy atom. The third-order valence-electron chi connectivity index (χ3n) is 8.37. The molecule has 34 heavy (non-hydrogen) atoms. The van der Waals surface area contributed by atoms with Crippen LogP contribution in [0, 0.1) is 29.3 Å². The number of aryl methyl sites for hydroxylation is 1. The quantitative estimate of drug-likeness (QED) is 0.379. The molecule has 2 aromatic carbocycles. The maximum atomic E-state index is 14.9. The topological polar surface area (TPSA) is 0 Å². The predicted molar refractivity (Wildman–Crippen MR) is 135 cm³/mol. The molecular formula is C31H39F3. The molecule has 2 aromatic rings. The molecule has 0 nitrogen and oxygen atoms in total. The van der Waals surface area contributed by atoms with Crippen LogP contribution in [0.4, 0.5) is 13.2 Å². The second-order valence-electron chi connectivity index (χ2n) is 10.6. The Kier molecular flexibility index (Phi) is 8.55. The maximum Gasteiger partial charge on any atom is 0.166 e. The molecule has 0 spiro atoms. The van der Waals surface area contributed by atoms with Gasteiger partial charge in [0.15, 0.2) is 11.6 Å². The van der Waals surface area contributed by atoms with Gasteiger partial charge in [-0.15, -0.1) is 0 Å². The molecule has 0 saturated heterocycles. The van der Waals surface area contributed by atoms with Gasteiger partial charge in [0.05, 0.1) is 0 Å². The van der Waals surface area contributed by atoms with E-state index in [2.05, 4.69) is 19.9 Å². The molecule has 0 heterocycles. The Morgan fingerprint density at radius 1 is 0.765 bits per heavy atom. The first-order valence-corrected chi connectivity index (χ1v) is 13.4. The number of hydrogen-bond donors (Lipinski definition) is 0. The molecule has 0 amide bonds. The van der Waals surface area contributed by atoms with Crippen molar-refractivity contribution in [1.29, 1.82) is 0 Å². The number of benzene rings is 2. The SMILES string of the molecule is CCCc1ccc(C2CCC(C=Cc3ccc(C4CCC(CC)CC4)c(F)c3F)CC2)c(F)c1. The van der Waals surface area contributed by atoms with Gasteiger partial charge in [-0.2, -0.15) is 0 Å². The van der Waals surface area contributed by atoms with E-state index < -0.39 is 11.6 Å². The first-order valence-electron chi connectivity index (χ1n) is 13.4. The third-order valence-corrected chi connectivity index (χ3v) is 8.37. The van der Waals surface area contributed by atoms with Gasteiger partial charge in [0.1, 0.15) is 5.82 Å². The zero-order valence-corrected chi connectivity index (χ0v) is 20.8. The van der Waals surface area contributed by atoms with Crippen LogP contribution >= 0.6 is 0 Å². The lowest BCUT2D eigenvalue weighted by Crippen LogP contribution is -2.14. The molecule has 0 atom stereocenters. The average molecular weight is 469 g/mol. The highest BCUT2D eigenvalue weighted by atomic mass is 19.2. The summed E-state index contributed by atoms with van der Waals surface area (Å²) in [5, 5.41) is 0. The van der Waals surface area contributed by atoms with Crippen molar-refractivity contribution in [1.82, 2.24) is 0 Å². The number of allylic oxidation sites excluding steroid dienone is 1. The van der Waals surface area contributed by atoms with Crippen molar-refractivity contribution in [3.05, 3.63) is 76.1 Å². The van der Waals surface area contributed by atoms with Crippen molar-refractivity contribution >= 4 is 6.08 Å². The van der Waals surface area contributed by atoms with Crippen LogP contribution < -0.4 is 0 Å². The monoisotopic (exact) mass is 468 g/mol. The predicted octanol–water partition coefficient (Wildman–Crippen LogP) is 9.73. The van der Waals surface area contributed by atoms with E-state index in [1.165, 1.54) is 6.42 Å². The van der Waals surface area contributed by atoms with Crippen molar-refractivity contribution in [3.8, 4) is 0 Å². The van der Waals surface area contributed by atoms with Crippen LogP contribution in [0.3, 0.4) is 0 Å². The maximum absolute atomic E-state index is 14.9. The van der Waals surface area contributed by atoms with Gasteiger partial charge in [0.2, 0.25) is 0 Å². The van der Waals surface area contributed by atoms with Gasteiger partial charge in [-0.3, -0.25) is 0 Å². The second kappa shape index (κ2) is 11.6. The van der Waals surface area contributed by atoms with Crippen molar-refractivity contribution in [3.63, 3.8) is 0 Å². The molecule has 0 radical (unpaired) electrons. The zero-order chi connectivity index (χ0) is 24.1. The summed E-state index contributed by atoms with van der Waals surface area (Å²) < 4.78 is 44.4. The Hall–Kier alpha value is -2.03. The molecule has 0 unspecified atom stereocenters. The Morgan fingerprint density at radius 3 is 2.06 bits per heavy atom. The van der Waals surface area contributed by atoms with Crippen LogP contribution in [0.5, 0.6) is 0 Å². The summed E-state index contributed by atoms with van der Waals surface area (Å²) in [5.74, 6) is -0.00464. The summed E-state index contributed by atoms with van der Waals surface area (Å²) in [5.41, 5.74) is 2.79. The van der Waals surface area contributed by atoms with Crippen LogP contribution in [-0.2, 0) is 6.42 Å². The highest BCUT2D eigenvalue weighted by Crippen LogP contribution is 2.40. The molecule has 4 rings (SSSR count). The first kappa shape index (κ1) is 25.1. The smallest absolute Gasteiger partial charge is 0.166 e. The van der Waals surface area contributed by atoms with E-state index in [1.54, 1.807) is 24.3 Å². The molecule has 0 aliphatic heterocycles. The fraction of sp³-hybridized carbons (Fsp3) is 0.548. The lowest BCUT2D eigenvalue weighted by molar-refractivity contribution is 0.312. The molecule has 0 N–H and O–H groups in total. The standard InChI is InChI=1S/C31H39F3/c1-3-5-23-11-18-27(29(32)20-23)24-14-8-22(9-15-24)10-16-26-17-19-28(31(34)30(26)33)25-12-6-21(4-2)7-13-25/h10-11,16-22,24-25H,3-9,12-15H2,1-2H3. The van der Waals surface area contributed by atoms with Crippen molar-refractivity contribution in [2.45, 2.75) is 96.3 Å². The number of halogens is 3. The van der Waals surface area contributed by atoms with Gasteiger partial charge in [-0.05, 0) is 104 Å². The molecular weight excluding hydrogens is 429 g/mol. The molecule has 2 fully saturated rings. The van der Waals surface area contributed by atoms with Crippen LogP contribution in [-0.4, -0.2) is 0 Å². The van der Waals surface area contributed by atoms with Crippen molar-refractivity contribution in [2.24, 2.45) is 11.8 Å². The fourth-order valence-corrected chi connectivity index (χ4v) is 6.11. The number of hydrogen-bond acceptors (Lipinski definition) is 0. The minimum atomic E-state index is -0.714. The lowest BCUT2D eigenvalue weighted by atomic mass is 9.77. The third kappa shape index (κ3) is 5.78. The summed E-state index contributed by atoms with van der Waals surface area (Å²) in [6, 6.07) is 9.27. The zero-order valence-electron chi connectivity index (χ0n) is 20.8. The fourth-order valence-electron chi connectivity index (χ4n) is 6.11. The molecule has 2 saturated carbocycles. The van der Waals surface area contributed by atoms with Crippen LogP contribution in [0.15, 0.2) is 36.4 Å². The van der Waals surface area contributed by atoms with Gasteiger partial charge in [0, 0.05) is 5.56 Å². The van der Waals surface area contributed by atoms with Crippen molar-refractivity contribution < 1.29 is 13.2 Å².